The largest absolute Gasteiger partial charge is 0.487 e. The summed E-state index contributed by atoms with van der Waals surface area (Å²) in [4.78, 5) is 16.6. The molecule has 0 aromatic rings. The molecule has 0 amide bonds. The molecule has 3 N–H and O–H groups in total. The van der Waals surface area contributed by atoms with Crippen molar-refractivity contribution in [3.8, 4) is 0 Å². The Kier molecular flexibility index (Phi) is 3.60. The molecule has 72 valence electrons. The molecule has 0 atom stereocenters. The summed E-state index contributed by atoms with van der Waals surface area (Å²) >= 11 is 0. The van der Waals surface area contributed by atoms with Gasteiger partial charge in [-0.3, -0.25) is 0 Å². The van der Waals surface area contributed by atoms with Crippen molar-refractivity contribution >= 4 is 7.82 Å². The van der Waals surface area contributed by atoms with Crippen LogP contribution in [-0.4, -0.2) is 41.1 Å². The molecule has 1 aliphatic rings. The molecule has 1 rings (SSSR count). The van der Waals surface area contributed by atoms with E-state index in [1.54, 1.807) is 0 Å². The van der Waals surface area contributed by atoms with Crippen molar-refractivity contribution in [2.75, 3.05) is 26.3 Å². The van der Waals surface area contributed by atoms with E-state index in [-0.39, 0.29) is 0 Å². The lowest BCUT2D eigenvalue weighted by Crippen LogP contribution is -2.45. The average molecular weight is 198 g/mol. The lowest BCUT2D eigenvalue weighted by molar-refractivity contribution is -0.0719. The van der Waals surface area contributed by atoms with Gasteiger partial charge in [0.2, 0.25) is 0 Å². The third kappa shape index (κ3) is 4.13. The SMILES string of the molecule is O=P(O)(O)ONN1CCOCC1. The van der Waals surface area contributed by atoms with Gasteiger partial charge < -0.3 is 14.5 Å². The number of nitrogens with one attached hydrogen (secondary N) is 1. The van der Waals surface area contributed by atoms with Gasteiger partial charge in [-0.15, -0.1) is 5.59 Å². The van der Waals surface area contributed by atoms with Crippen molar-refractivity contribution in [1.82, 2.24) is 10.6 Å². The van der Waals surface area contributed by atoms with Crippen LogP contribution < -0.4 is 5.59 Å². The first-order valence-electron chi connectivity index (χ1n) is 3.40. The van der Waals surface area contributed by atoms with Crippen LogP contribution in [0.15, 0.2) is 0 Å². The zero-order chi connectivity index (χ0) is 9.03. The first kappa shape index (κ1) is 10.1. The van der Waals surface area contributed by atoms with Crippen molar-refractivity contribution in [3.63, 3.8) is 0 Å². The number of morpholine rings is 1. The van der Waals surface area contributed by atoms with Gasteiger partial charge in [0.15, 0.2) is 0 Å². The van der Waals surface area contributed by atoms with Gasteiger partial charge in [-0.2, -0.15) is 4.62 Å². The molecule has 0 aromatic carbocycles. The summed E-state index contributed by atoms with van der Waals surface area (Å²) in [6.45, 7) is 2.13. The molecule has 8 heteroatoms. The van der Waals surface area contributed by atoms with Crippen LogP contribution in [0.3, 0.4) is 0 Å². The molecule has 0 saturated carbocycles. The number of phosphoric acid groups is 1. The Labute approximate surface area is 69.4 Å². The zero-order valence-electron chi connectivity index (χ0n) is 6.34. The van der Waals surface area contributed by atoms with Gasteiger partial charge in [-0.1, -0.05) is 0 Å². The predicted octanol–water partition coefficient (Wildman–Crippen LogP) is -1.15. The van der Waals surface area contributed by atoms with Crippen molar-refractivity contribution in [2.24, 2.45) is 0 Å². The van der Waals surface area contributed by atoms with E-state index in [9.17, 15) is 4.57 Å². The summed E-state index contributed by atoms with van der Waals surface area (Å²) in [6.07, 6.45) is 0. The fraction of sp³-hybridized carbons (Fsp3) is 1.00. The van der Waals surface area contributed by atoms with Crippen LogP contribution in [0.2, 0.25) is 0 Å². The first-order valence-corrected chi connectivity index (χ1v) is 4.93. The highest BCUT2D eigenvalue weighted by Gasteiger charge is 2.17. The Morgan fingerprint density at radius 1 is 1.42 bits per heavy atom. The van der Waals surface area contributed by atoms with Crippen LogP contribution >= 0.6 is 7.82 Å². The molecule has 0 bridgehead atoms. The molecule has 1 saturated heterocycles. The first-order chi connectivity index (χ1) is 5.58. The number of hydrogen-bond donors (Lipinski definition) is 3. The van der Waals surface area contributed by atoms with E-state index in [2.05, 4.69) is 10.2 Å². The number of rotatable bonds is 3. The molecular formula is C4H11N2O5P. The number of ether oxygens (including phenoxy) is 1. The normalized spacial score (nSPS) is 21.2. The van der Waals surface area contributed by atoms with Gasteiger partial charge in [-0.25, -0.2) is 9.57 Å². The minimum Gasteiger partial charge on any atom is -0.379 e. The topological polar surface area (TPSA) is 91.3 Å². The van der Waals surface area contributed by atoms with E-state index in [0.717, 1.165) is 0 Å². The van der Waals surface area contributed by atoms with E-state index in [0.29, 0.717) is 26.3 Å². The van der Waals surface area contributed by atoms with Gasteiger partial charge in [-0.05, 0) is 0 Å². The number of hydrogen-bond acceptors (Lipinski definition) is 5. The van der Waals surface area contributed by atoms with Crippen LogP contribution in [0.4, 0.5) is 0 Å². The summed E-state index contributed by atoms with van der Waals surface area (Å²) in [5.74, 6) is 0. The molecule has 0 aromatic heterocycles. The van der Waals surface area contributed by atoms with E-state index in [1.807, 2.05) is 0 Å². The van der Waals surface area contributed by atoms with Crippen LogP contribution in [0, 0.1) is 0 Å². The Bertz CT molecular complexity index is 176. The van der Waals surface area contributed by atoms with Crippen LogP contribution in [0.1, 0.15) is 0 Å². The second kappa shape index (κ2) is 4.29. The van der Waals surface area contributed by atoms with Crippen molar-refractivity contribution in [1.29, 1.82) is 0 Å². The maximum atomic E-state index is 10.2. The fourth-order valence-corrected chi connectivity index (χ4v) is 0.987. The molecule has 12 heavy (non-hydrogen) atoms. The quantitative estimate of drug-likeness (QED) is 0.389. The van der Waals surface area contributed by atoms with Gasteiger partial charge >= 0.3 is 7.82 Å². The minimum atomic E-state index is -4.43. The molecule has 1 fully saturated rings. The molecule has 0 unspecified atom stereocenters. The van der Waals surface area contributed by atoms with Gasteiger partial charge in [0.25, 0.3) is 0 Å². The smallest absolute Gasteiger partial charge is 0.379 e. The standard InChI is InChI=1S/C4H11N2O5P/c7-12(8,9)11-5-6-1-3-10-4-2-6/h5H,1-4H2,(H2,7,8,9). The average Bonchev–Trinajstić information content (AvgIpc) is 2.02. The number of nitrogens with zero attached hydrogens (tertiary/aromatic N) is 1. The highest BCUT2D eigenvalue weighted by Crippen LogP contribution is 2.33. The predicted molar refractivity (Wildman–Crippen MR) is 38.7 cm³/mol. The highest BCUT2D eigenvalue weighted by molar-refractivity contribution is 7.46. The van der Waals surface area contributed by atoms with Gasteiger partial charge in [0.1, 0.15) is 0 Å². The summed E-state index contributed by atoms with van der Waals surface area (Å²) in [5, 5.41) is 1.53. The van der Waals surface area contributed by atoms with Crippen LogP contribution in [-0.2, 0) is 13.9 Å². The third-order valence-electron chi connectivity index (χ3n) is 1.30. The van der Waals surface area contributed by atoms with E-state index in [4.69, 9.17) is 14.5 Å². The minimum absolute atomic E-state index is 0.525. The second-order valence-corrected chi connectivity index (χ2v) is 3.44. The summed E-state index contributed by atoms with van der Waals surface area (Å²) in [5.41, 5.74) is 2.15. The Morgan fingerprint density at radius 2 is 2.00 bits per heavy atom. The molecule has 0 spiro atoms. The summed E-state index contributed by atoms with van der Waals surface area (Å²) in [7, 11) is -4.43. The van der Waals surface area contributed by atoms with E-state index in [1.165, 1.54) is 5.01 Å². The molecule has 1 aliphatic heterocycles. The molecule has 1 heterocycles. The van der Waals surface area contributed by atoms with Crippen LogP contribution in [0.5, 0.6) is 0 Å². The van der Waals surface area contributed by atoms with E-state index < -0.39 is 7.82 Å². The monoisotopic (exact) mass is 198 g/mol. The molecule has 0 aliphatic carbocycles. The maximum Gasteiger partial charge on any atom is 0.487 e. The van der Waals surface area contributed by atoms with Crippen molar-refractivity contribution in [2.45, 2.75) is 0 Å². The van der Waals surface area contributed by atoms with Gasteiger partial charge in [0, 0.05) is 13.1 Å². The zero-order valence-corrected chi connectivity index (χ0v) is 7.24. The second-order valence-electron chi connectivity index (χ2n) is 2.27. The lowest BCUT2D eigenvalue weighted by Gasteiger charge is -2.26. The Hall–Kier alpha value is -0.0100. The fourth-order valence-electron chi connectivity index (χ4n) is 0.766. The summed E-state index contributed by atoms with van der Waals surface area (Å²) < 4.78 is 19.3. The Morgan fingerprint density at radius 3 is 2.50 bits per heavy atom. The van der Waals surface area contributed by atoms with Crippen molar-refractivity contribution < 1.29 is 23.7 Å². The summed E-state index contributed by atoms with van der Waals surface area (Å²) in [6, 6.07) is 0. The maximum absolute atomic E-state index is 10.2. The lowest BCUT2D eigenvalue weighted by atomic mass is 10.5. The molecule has 0 radical (unpaired) electrons. The molecular weight excluding hydrogens is 187 g/mol. The number of hydrazine groups is 1. The van der Waals surface area contributed by atoms with Crippen LogP contribution in [0.25, 0.3) is 0 Å². The van der Waals surface area contributed by atoms with Crippen molar-refractivity contribution in [3.05, 3.63) is 0 Å². The highest BCUT2D eigenvalue weighted by atomic mass is 31.2. The Balaban J connectivity index is 2.17. The van der Waals surface area contributed by atoms with E-state index >= 15 is 0 Å². The molecule has 7 nitrogen and oxygen atoms in total. The van der Waals surface area contributed by atoms with Gasteiger partial charge in [0.05, 0.1) is 13.2 Å². The third-order valence-corrected chi connectivity index (χ3v) is 1.62.